The first-order valence-corrected chi connectivity index (χ1v) is 10.1. The van der Waals surface area contributed by atoms with Crippen LogP contribution >= 0.6 is 0 Å². The van der Waals surface area contributed by atoms with Gasteiger partial charge in [-0.3, -0.25) is 0 Å². The lowest BCUT2D eigenvalue weighted by Crippen LogP contribution is -2.00. The summed E-state index contributed by atoms with van der Waals surface area (Å²) in [6.45, 7) is 2.39. The SMILES string of the molecule is CCOc1ccc(/C=N\Nc2nc(-c3ccccc3)cc(-c3ccc(F)cc3)n2)c(O)c1. The largest absolute Gasteiger partial charge is 0.507 e. The highest BCUT2D eigenvalue weighted by Gasteiger charge is 2.09. The van der Waals surface area contributed by atoms with E-state index in [-0.39, 0.29) is 17.5 Å². The number of anilines is 1. The molecular weight excluding hydrogens is 407 g/mol. The second kappa shape index (κ2) is 9.70. The average Bonchev–Trinajstić information content (AvgIpc) is 2.81. The Morgan fingerprint density at radius 2 is 1.62 bits per heavy atom. The zero-order chi connectivity index (χ0) is 22.3. The lowest BCUT2D eigenvalue weighted by Gasteiger charge is -2.08. The molecule has 0 atom stereocenters. The molecule has 32 heavy (non-hydrogen) atoms. The molecule has 4 aromatic rings. The van der Waals surface area contributed by atoms with Gasteiger partial charge >= 0.3 is 0 Å². The average molecular weight is 428 g/mol. The normalized spacial score (nSPS) is 10.9. The highest BCUT2D eigenvalue weighted by molar-refractivity contribution is 5.84. The van der Waals surface area contributed by atoms with E-state index in [9.17, 15) is 9.50 Å². The van der Waals surface area contributed by atoms with E-state index in [0.29, 0.717) is 29.3 Å². The Morgan fingerprint density at radius 3 is 2.28 bits per heavy atom. The van der Waals surface area contributed by atoms with Crippen LogP contribution in [0.1, 0.15) is 12.5 Å². The topological polar surface area (TPSA) is 79.6 Å². The standard InChI is InChI=1S/C25H21FN4O2/c1-2-32-21-13-10-19(24(31)14-21)16-27-30-25-28-22(17-6-4-3-5-7-17)15-23(29-25)18-8-11-20(26)12-9-18/h3-16,31H,2H2,1H3,(H,28,29,30)/b27-16-. The lowest BCUT2D eigenvalue weighted by molar-refractivity contribution is 0.337. The van der Waals surface area contributed by atoms with Crippen molar-refractivity contribution in [2.75, 3.05) is 12.0 Å². The summed E-state index contributed by atoms with van der Waals surface area (Å²) >= 11 is 0. The third-order valence-corrected chi connectivity index (χ3v) is 4.62. The summed E-state index contributed by atoms with van der Waals surface area (Å²) in [4.78, 5) is 9.06. The van der Waals surface area contributed by atoms with E-state index in [1.54, 1.807) is 24.3 Å². The van der Waals surface area contributed by atoms with Crippen LogP contribution < -0.4 is 10.2 Å². The number of benzene rings is 3. The molecule has 0 fully saturated rings. The molecule has 6 nitrogen and oxygen atoms in total. The molecule has 7 heteroatoms. The van der Waals surface area contributed by atoms with Crippen LogP contribution in [0, 0.1) is 5.82 Å². The zero-order valence-electron chi connectivity index (χ0n) is 17.4. The van der Waals surface area contributed by atoms with Gasteiger partial charge in [-0.15, -0.1) is 0 Å². The van der Waals surface area contributed by atoms with Crippen molar-refractivity contribution in [2.24, 2.45) is 5.10 Å². The molecule has 0 bridgehead atoms. The molecule has 0 radical (unpaired) electrons. The van der Waals surface area contributed by atoms with Crippen LogP contribution in [0.3, 0.4) is 0 Å². The highest BCUT2D eigenvalue weighted by atomic mass is 19.1. The van der Waals surface area contributed by atoms with Gasteiger partial charge in [0.2, 0.25) is 5.95 Å². The van der Waals surface area contributed by atoms with E-state index in [0.717, 1.165) is 11.1 Å². The predicted octanol–water partition coefficient (Wildman–Crippen LogP) is 5.50. The molecule has 3 aromatic carbocycles. The van der Waals surface area contributed by atoms with Gasteiger partial charge in [0, 0.05) is 22.8 Å². The van der Waals surface area contributed by atoms with Crippen LogP contribution in [-0.4, -0.2) is 27.9 Å². The van der Waals surface area contributed by atoms with Gasteiger partial charge in [-0.05, 0) is 49.4 Å². The number of hydrazone groups is 1. The molecule has 0 aliphatic carbocycles. The van der Waals surface area contributed by atoms with Crippen molar-refractivity contribution in [3.63, 3.8) is 0 Å². The Morgan fingerprint density at radius 1 is 0.938 bits per heavy atom. The minimum absolute atomic E-state index is 0.0486. The Labute approximate surface area is 185 Å². The number of hydrogen-bond donors (Lipinski definition) is 2. The molecule has 1 aromatic heterocycles. The Hall–Kier alpha value is -4.26. The van der Waals surface area contributed by atoms with Crippen molar-refractivity contribution >= 4 is 12.2 Å². The highest BCUT2D eigenvalue weighted by Crippen LogP contribution is 2.26. The molecule has 4 rings (SSSR count). The van der Waals surface area contributed by atoms with E-state index in [2.05, 4.69) is 20.5 Å². The monoisotopic (exact) mass is 428 g/mol. The molecular formula is C25H21FN4O2. The summed E-state index contributed by atoms with van der Waals surface area (Å²) in [5, 5.41) is 14.3. The molecule has 0 unspecified atom stereocenters. The predicted molar refractivity (Wildman–Crippen MR) is 123 cm³/mol. The number of aromatic hydroxyl groups is 1. The maximum atomic E-state index is 13.4. The number of ether oxygens (including phenoxy) is 1. The van der Waals surface area contributed by atoms with Crippen LogP contribution in [0.15, 0.2) is 84.0 Å². The van der Waals surface area contributed by atoms with Gasteiger partial charge in [-0.25, -0.2) is 19.8 Å². The van der Waals surface area contributed by atoms with E-state index >= 15 is 0 Å². The first kappa shape index (κ1) is 21.0. The number of phenols is 1. The van der Waals surface area contributed by atoms with Crippen LogP contribution in [0.25, 0.3) is 22.5 Å². The quantitative estimate of drug-likeness (QED) is 0.300. The maximum Gasteiger partial charge on any atom is 0.244 e. The Kier molecular flexibility index (Phi) is 6.36. The van der Waals surface area contributed by atoms with E-state index in [1.807, 2.05) is 43.3 Å². The molecule has 0 spiro atoms. The number of hydrogen-bond acceptors (Lipinski definition) is 6. The van der Waals surface area contributed by atoms with E-state index < -0.39 is 0 Å². The van der Waals surface area contributed by atoms with Crippen molar-refractivity contribution in [2.45, 2.75) is 6.92 Å². The molecule has 0 saturated heterocycles. The summed E-state index contributed by atoms with van der Waals surface area (Å²) in [5.74, 6) is 0.585. The van der Waals surface area contributed by atoms with Gasteiger partial charge in [0.05, 0.1) is 24.2 Å². The molecule has 160 valence electrons. The minimum atomic E-state index is -0.316. The number of nitrogens with zero attached hydrogens (tertiary/aromatic N) is 3. The summed E-state index contributed by atoms with van der Waals surface area (Å²) in [6.07, 6.45) is 1.47. The third kappa shape index (κ3) is 5.07. The van der Waals surface area contributed by atoms with Crippen molar-refractivity contribution in [3.05, 3.63) is 90.2 Å². The second-order valence-corrected chi connectivity index (χ2v) is 6.86. The van der Waals surface area contributed by atoms with Crippen molar-refractivity contribution in [1.29, 1.82) is 0 Å². The minimum Gasteiger partial charge on any atom is -0.507 e. The molecule has 0 aliphatic heterocycles. The fourth-order valence-corrected chi connectivity index (χ4v) is 3.07. The smallest absolute Gasteiger partial charge is 0.244 e. The number of phenolic OH excluding ortho intramolecular Hbond substituents is 1. The summed E-state index contributed by atoms with van der Waals surface area (Å²) < 4.78 is 18.7. The van der Waals surface area contributed by atoms with Crippen LogP contribution in [0.2, 0.25) is 0 Å². The maximum absolute atomic E-state index is 13.4. The second-order valence-electron chi connectivity index (χ2n) is 6.86. The number of rotatable bonds is 7. The van der Waals surface area contributed by atoms with Crippen molar-refractivity contribution in [3.8, 4) is 34.0 Å². The Bertz CT molecular complexity index is 1230. The number of nitrogens with one attached hydrogen (secondary N) is 1. The van der Waals surface area contributed by atoms with E-state index in [4.69, 9.17) is 4.74 Å². The molecule has 2 N–H and O–H groups in total. The first-order chi connectivity index (χ1) is 15.6. The van der Waals surface area contributed by atoms with Gasteiger partial charge in [0.1, 0.15) is 17.3 Å². The molecule has 0 saturated carbocycles. The Balaban J connectivity index is 1.63. The zero-order valence-corrected chi connectivity index (χ0v) is 17.4. The van der Waals surface area contributed by atoms with E-state index in [1.165, 1.54) is 24.4 Å². The van der Waals surface area contributed by atoms with Crippen LogP contribution in [0.5, 0.6) is 11.5 Å². The summed E-state index contributed by atoms with van der Waals surface area (Å²) in [7, 11) is 0. The van der Waals surface area contributed by atoms with Gasteiger partial charge in [0.25, 0.3) is 0 Å². The van der Waals surface area contributed by atoms with Crippen molar-refractivity contribution in [1.82, 2.24) is 9.97 Å². The molecule has 1 heterocycles. The fraction of sp³-hybridized carbons (Fsp3) is 0.0800. The number of aromatic nitrogens is 2. The summed E-state index contributed by atoms with van der Waals surface area (Å²) in [5.41, 5.74) is 6.32. The van der Waals surface area contributed by atoms with Gasteiger partial charge in [-0.2, -0.15) is 5.10 Å². The third-order valence-electron chi connectivity index (χ3n) is 4.62. The van der Waals surface area contributed by atoms with Crippen molar-refractivity contribution < 1.29 is 14.2 Å². The van der Waals surface area contributed by atoms with Gasteiger partial charge in [0.15, 0.2) is 0 Å². The lowest BCUT2D eigenvalue weighted by atomic mass is 10.1. The van der Waals surface area contributed by atoms with Gasteiger partial charge < -0.3 is 9.84 Å². The first-order valence-electron chi connectivity index (χ1n) is 10.1. The molecule has 0 amide bonds. The summed E-state index contributed by atoms with van der Waals surface area (Å²) in [6, 6.07) is 22.6. The number of halogens is 1. The fourth-order valence-electron chi connectivity index (χ4n) is 3.07. The molecule has 0 aliphatic rings. The van der Waals surface area contributed by atoms with Crippen LogP contribution in [0.4, 0.5) is 10.3 Å². The van der Waals surface area contributed by atoms with Gasteiger partial charge in [-0.1, -0.05) is 30.3 Å². The van der Waals surface area contributed by atoms with Crippen LogP contribution in [-0.2, 0) is 0 Å².